The minimum absolute atomic E-state index is 0.0917. The van der Waals surface area contributed by atoms with E-state index in [-0.39, 0.29) is 11.8 Å². The molecule has 1 aliphatic heterocycles. The number of hydrogen-bond donors (Lipinski definition) is 1. The summed E-state index contributed by atoms with van der Waals surface area (Å²) in [5.74, 6) is 0.353. The summed E-state index contributed by atoms with van der Waals surface area (Å²) >= 11 is 0. The van der Waals surface area contributed by atoms with Gasteiger partial charge in [-0.25, -0.2) is 0 Å². The molecule has 1 fully saturated rings. The number of carbonyl (C=O) groups excluding carboxylic acids is 2. The lowest BCUT2D eigenvalue weighted by Crippen LogP contribution is -2.48. The Morgan fingerprint density at radius 3 is 2.39 bits per heavy atom. The molecule has 2 aromatic carbocycles. The Bertz CT molecular complexity index is 1100. The summed E-state index contributed by atoms with van der Waals surface area (Å²) in [6.45, 7) is 6.03. The molecule has 7 nitrogen and oxygen atoms in total. The minimum Gasteiger partial charge on any atom is -0.335 e. The maximum Gasteiger partial charge on any atom is 0.274 e. The van der Waals surface area contributed by atoms with Gasteiger partial charge in [-0.15, -0.1) is 0 Å². The summed E-state index contributed by atoms with van der Waals surface area (Å²) in [6.07, 6.45) is 1.05. The SMILES string of the molecule is Cc1ccccc1CN1CCN(C(=O)c2cc(NC(=O)CCc3ccccc3)n(C)n2)CC1. The van der Waals surface area contributed by atoms with Gasteiger partial charge in [0.25, 0.3) is 5.91 Å². The fraction of sp³-hybridized carbons (Fsp3) is 0.346. The van der Waals surface area contributed by atoms with Gasteiger partial charge in [-0.1, -0.05) is 54.6 Å². The van der Waals surface area contributed by atoms with E-state index in [1.54, 1.807) is 17.8 Å². The zero-order chi connectivity index (χ0) is 23.2. The Labute approximate surface area is 195 Å². The van der Waals surface area contributed by atoms with Crippen LogP contribution in [0.1, 0.15) is 33.6 Å². The zero-order valence-electron chi connectivity index (χ0n) is 19.3. The van der Waals surface area contributed by atoms with Gasteiger partial charge >= 0.3 is 0 Å². The summed E-state index contributed by atoms with van der Waals surface area (Å²) in [7, 11) is 1.74. The molecule has 1 aromatic heterocycles. The first-order chi connectivity index (χ1) is 16.0. The van der Waals surface area contributed by atoms with E-state index in [9.17, 15) is 9.59 Å². The van der Waals surface area contributed by atoms with Gasteiger partial charge in [0.15, 0.2) is 5.69 Å². The second-order valence-electron chi connectivity index (χ2n) is 8.57. The Morgan fingerprint density at radius 1 is 0.970 bits per heavy atom. The maximum atomic E-state index is 13.0. The molecular formula is C26H31N5O2. The van der Waals surface area contributed by atoms with Crippen LogP contribution in [0, 0.1) is 6.92 Å². The van der Waals surface area contributed by atoms with Crippen LogP contribution in [-0.4, -0.2) is 57.6 Å². The summed E-state index contributed by atoms with van der Waals surface area (Å²) in [6, 6.07) is 20.0. The van der Waals surface area contributed by atoms with Crippen LogP contribution in [0.5, 0.6) is 0 Å². The van der Waals surface area contributed by atoms with Crippen LogP contribution in [0.25, 0.3) is 0 Å². The Morgan fingerprint density at radius 2 is 1.67 bits per heavy atom. The quantitative estimate of drug-likeness (QED) is 0.606. The molecule has 7 heteroatoms. The highest BCUT2D eigenvalue weighted by molar-refractivity contribution is 5.95. The van der Waals surface area contributed by atoms with Gasteiger partial charge in [-0.05, 0) is 30.0 Å². The van der Waals surface area contributed by atoms with E-state index in [2.05, 4.69) is 46.5 Å². The van der Waals surface area contributed by atoms with Crippen LogP contribution in [0.2, 0.25) is 0 Å². The first kappa shape index (κ1) is 22.7. The summed E-state index contributed by atoms with van der Waals surface area (Å²) < 4.78 is 1.56. The molecule has 0 unspecified atom stereocenters. The van der Waals surface area contributed by atoms with Crippen molar-refractivity contribution in [2.24, 2.45) is 7.05 Å². The number of amides is 2. The molecule has 0 saturated carbocycles. The van der Waals surface area contributed by atoms with Crippen molar-refractivity contribution < 1.29 is 9.59 Å². The predicted molar refractivity (Wildman–Crippen MR) is 129 cm³/mol. The van der Waals surface area contributed by atoms with Crippen molar-refractivity contribution in [2.75, 3.05) is 31.5 Å². The molecule has 1 aliphatic rings. The third-order valence-electron chi connectivity index (χ3n) is 6.16. The van der Waals surface area contributed by atoms with Crippen molar-refractivity contribution in [3.8, 4) is 0 Å². The molecule has 0 spiro atoms. The molecule has 0 atom stereocenters. The molecule has 0 radical (unpaired) electrons. The standard InChI is InChI=1S/C26H31N5O2/c1-20-8-6-7-11-22(20)19-30-14-16-31(17-15-30)26(33)23-18-24(29(2)28-23)27-25(32)13-12-21-9-4-3-5-10-21/h3-11,18H,12-17,19H2,1-2H3,(H,27,32). The average molecular weight is 446 g/mol. The predicted octanol–water partition coefficient (Wildman–Crippen LogP) is 3.26. The van der Waals surface area contributed by atoms with Crippen LogP contribution >= 0.6 is 0 Å². The second-order valence-corrected chi connectivity index (χ2v) is 8.57. The number of rotatable bonds is 7. The number of hydrogen-bond acceptors (Lipinski definition) is 4. The average Bonchev–Trinajstić information content (AvgIpc) is 3.20. The van der Waals surface area contributed by atoms with Crippen LogP contribution in [0.4, 0.5) is 5.82 Å². The molecule has 1 saturated heterocycles. The third-order valence-corrected chi connectivity index (χ3v) is 6.16. The van der Waals surface area contributed by atoms with Crippen molar-refractivity contribution >= 4 is 17.6 Å². The monoisotopic (exact) mass is 445 g/mol. The Kier molecular flexibility index (Phi) is 7.19. The van der Waals surface area contributed by atoms with Crippen molar-refractivity contribution in [1.82, 2.24) is 19.6 Å². The van der Waals surface area contributed by atoms with E-state index >= 15 is 0 Å². The van der Waals surface area contributed by atoms with Gasteiger partial charge in [0.2, 0.25) is 5.91 Å². The topological polar surface area (TPSA) is 70.5 Å². The number of benzene rings is 2. The highest BCUT2D eigenvalue weighted by Crippen LogP contribution is 2.16. The van der Waals surface area contributed by atoms with Crippen LogP contribution < -0.4 is 5.32 Å². The first-order valence-corrected chi connectivity index (χ1v) is 11.4. The van der Waals surface area contributed by atoms with Crippen molar-refractivity contribution in [3.63, 3.8) is 0 Å². The number of aryl methyl sites for hydroxylation is 3. The van der Waals surface area contributed by atoms with Gasteiger partial charge in [-0.3, -0.25) is 19.2 Å². The molecule has 2 heterocycles. The van der Waals surface area contributed by atoms with E-state index in [1.165, 1.54) is 11.1 Å². The smallest absolute Gasteiger partial charge is 0.274 e. The molecule has 33 heavy (non-hydrogen) atoms. The van der Waals surface area contributed by atoms with Gasteiger partial charge in [0.1, 0.15) is 5.82 Å². The first-order valence-electron chi connectivity index (χ1n) is 11.4. The second kappa shape index (κ2) is 10.4. The van der Waals surface area contributed by atoms with Crippen LogP contribution in [0.15, 0.2) is 60.7 Å². The maximum absolute atomic E-state index is 13.0. The van der Waals surface area contributed by atoms with Crippen molar-refractivity contribution in [3.05, 3.63) is 83.0 Å². The number of anilines is 1. The fourth-order valence-corrected chi connectivity index (χ4v) is 4.10. The van der Waals surface area contributed by atoms with E-state index in [4.69, 9.17) is 0 Å². The highest BCUT2D eigenvalue weighted by Gasteiger charge is 2.25. The Balaban J connectivity index is 1.29. The van der Waals surface area contributed by atoms with Gasteiger partial charge in [0, 0.05) is 52.3 Å². The van der Waals surface area contributed by atoms with Crippen molar-refractivity contribution in [1.29, 1.82) is 0 Å². The number of carbonyl (C=O) groups is 2. The van der Waals surface area contributed by atoms with Gasteiger partial charge in [-0.2, -0.15) is 5.10 Å². The number of piperazine rings is 1. The molecule has 4 rings (SSSR count). The summed E-state index contributed by atoms with van der Waals surface area (Å²) in [4.78, 5) is 29.6. The number of nitrogens with zero attached hydrogens (tertiary/aromatic N) is 4. The number of nitrogens with one attached hydrogen (secondary N) is 1. The lowest BCUT2D eigenvalue weighted by molar-refractivity contribution is -0.116. The van der Waals surface area contributed by atoms with Crippen molar-refractivity contribution in [2.45, 2.75) is 26.3 Å². The van der Waals surface area contributed by atoms with Gasteiger partial charge < -0.3 is 10.2 Å². The third kappa shape index (κ3) is 5.87. The molecule has 0 bridgehead atoms. The fourth-order valence-electron chi connectivity index (χ4n) is 4.10. The molecule has 3 aromatic rings. The molecule has 2 amide bonds. The van der Waals surface area contributed by atoms with E-state index < -0.39 is 0 Å². The molecule has 1 N–H and O–H groups in total. The molecular weight excluding hydrogens is 414 g/mol. The Hall–Kier alpha value is -3.45. The van der Waals surface area contributed by atoms with E-state index in [1.807, 2.05) is 35.2 Å². The van der Waals surface area contributed by atoms with Gasteiger partial charge in [0.05, 0.1) is 0 Å². The summed E-state index contributed by atoms with van der Waals surface area (Å²) in [5.41, 5.74) is 4.11. The minimum atomic E-state index is -0.0920. The number of aromatic nitrogens is 2. The van der Waals surface area contributed by atoms with E-state index in [0.717, 1.165) is 25.2 Å². The normalized spacial score (nSPS) is 14.3. The highest BCUT2D eigenvalue weighted by atomic mass is 16.2. The molecule has 0 aliphatic carbocycles. The largest absolute Gasteiger partial charge is 0.335 e. The zero-order valence-corrected chi connectivity index (χ0v) is 19.3. The molecule has 172 valence electrons. The van der Waals surface area contributed by atoms with Crippen LogP contribution in [0.3, 0.4) is 0 Å². The summed E-state index contributed by atoms with van der Waals surface area (Å²) in [5, 5.41) is 7.23. The van der Waals surface area contributed by atoms with Crippen LogP contribution in [-0.2, 0) is 24.8 Å². The lowest BCUT2D eigenvalue weighted by atomic mass is 10.1. The lowest BCUT2D eigenvalue weighted by Gasteiger charge is -2.34. The van der Waals surface area contributed by atoms with E-state index in [0.29, 0.717) is 37.4 Å².